The van der Waals surface area contributed by atoms with E-state index >= 15 is 0 Å². The van der Waals surface area contributed by atoms with Crippen molar-refractivity contribution in [2.45, 2.75) is 71.5 Å². The molecule has 1 amide bonds. The molecule has 1 saturated heterocycles. The van der Waals surface area contributed by atoms with E-state index in [9.17, 15) is 29.7 Å². The number of ether oxygens (including phenoxy) is 2. The smallest absolute Gasteiger partial charge is 0.514 e. The maximum atomic E-state index is 11.2. The fraction of sp³-hybridized carbons (Fsp3) is 0.706. The van der Waals surface area contributed by atoms with E-state index in [0.717, 1.165) is 6.92 Å². The summed E-state index contributed by atoms with van der Waals surface area (Å²) in [5.41, 5.74) is 0. The summed E-state index contributed by atoms with van der Waals surface area (Å²) in [6, 6.07) is -1.14. The van der Waals surface area contributed by atoms with E-state index in [0.29, 0.717) is 0 Å². The van der Waals surface area contributed by atoms with Crippen molar-refractivity contribution in [3.8, 4) is 0 Å². The van der Waals surface area contributed by atoms with Crippen molar-refractivity contribution in [1.82, 2.24) is 5.32 Å². The van der Waals surface area contributed by atoms with Gasteiger partial charge < -0.3 is 41.1 Å². The van der Waals surface area contributed by atoms with E-state index in [-0.39, 0.29) is 27.5 Å². The largest absolute Gasteiger partial charge is 2.00 e. The molecular formula is C17H29NO9W. The summed E-state index contributed by atoms with van der Waals surface area (Å²) in [6.07, 6.45) is -6.96. The van der Waals surface area contributed by atoms with Crippen molar-refractivity contribution in [3.05, 3.63) is 12.0 Å². The molecule has 0 aliphatic carbocycles. The Morgan fingerprint density at radius 3 is 2.14 bits per heavy atom. The first kappa shape index (κ1) is 29.0. The van der Waals surface area contributed by atoms with Crippen LogP contribution in [-0.2, 0) is 44.9 Å². The number of carboxylic acid groups (broad SMARTS) is 1. The number of aliphatic hydroxyl groups is 3. The fourth-order valence-electron chi connectivity index (χ4n) is 2.17. The molecule has 0 aromatic carbocycles. The van der Waals surface area contributed by atoms with Crippen LogP contribution in [0.2, 0.25) is 0 Å². The molecule has 0 bridgehead atoms. The van der Waals surface area contributed by atoms with Gasteiger partial charge in [0.1, 0.15) is 18.8 Å². The summed E-state index contributed by atoms with van der Waals surface area (Å²) in [4.78, 5) is 32.9. The normalized spacial score (nSPS) is 23.5. The van der Waals surface area contributed by atoms with Crippen molar-refractivity contribution >= 4 is 17.8 Å². The van der Waals surface area contributed by atoms with Crippen molar-refractivity contribution in [2.75, 3.05) is 6.61 Å². The average molecular weight is 575 g/mol. The Morgan fingerprint density at radius 2 is 1.75 bits per heavy atom. The van der Waals surface area contributed by atoms with Gasteiger partial charge in [0, 0.05) is 13.8 Å². The Kier molecular flexibility index (Phi) is 14.4. The molecule has 0 aromatic heterocycles. The molecule has 1 rings (SSSR count). The summed E-state index contributed by atoms with van der Waals surface area (Å²) < 4.78 is 9.67. The number of nitrogens with one attached hydrogen (secondary N) is 1. The summed E-state index contributed by atoms with van der Waals surface area (Å²) in [7, 11) is 0. The fourth-order valence-corrected chi connectivity index (χ4v) is 2.17. The maximum absolute atomic E-state index is 11.2. The minimum Gasteiger partial charge on any atom is -0.514 e. The number of rotatable bonds is 6. The molecule has 0 spiro atoms. The number of carbonyl (C=O) groups is 3. The van der Waals surface area contributed by atoms with Gasteiger partial charge in [-0.25, -0.2) is 0 Å². The topological polar surface area (TPSA) is 163 Å². The summed E-state index contributed by atoms with van der Waals surface area (Å²) in [6.45, 7) is 7.97. The molecule has 28 heavy (non-hydrogen) atoms. The van der Waals surface area contributed by atoms with Gasteiger partial charge in [-0.15, -0.1) is 6.42 Å². The third kappa shape index (κ3) is 11.0. The molecule has 0 saturated carbocycles. The van der Waals surface area contributed by atoms with Crippen molar-refractivity contribution in [2.24, 2.45) is 0 Å². The number of aliphatic hydroxyl groups excluding tert-OH is 3. The number of hydrogen-bond donors (Lipinski definition) is 5. The molecule has 1 aliphatic heterocycles. The van der Waals surface area contributed by atoms with E-state index in [4.69, 9.17) is 9.84 Å². The Morgan fingerprint density at radius 1 is 1.25 bits per heavy atom. The number of hydrogen-bond acceptors (Lipinski definition) is 8. The van der Waals surface area contributed by atoms with Crippen LogP contribution >= 0.6 is 0 Å². The minimum atomic E-state index is -1.71. The van der Waals surface area contributed by atoms with Crippen LogP contribution in [-0.4, -0.2) is 75.3 Å². The minimum absolute atomic E-state index is 0. The molecule has 162 valence electrons. The standard InChI is InChI=1S/C13H20NO9.C4H9.W/c1-5(15)14-10-7(17)3-9(13(20)21)23-12(10)11(19)8(18)4-22-6(2)16;1-4(2)3;/h7-8,10-12,17-19H,3-4H2,1-2H3,(H,14,15)(H,20,21);1-3H3;/q2*-1;+2. The first-order valence-electron chi connectivity index (χ1n) is 8.34. The van der Waals surface area contributed by atoms with Crippen LogP contribution in [0.3, 0.4) is 0 Å². The molecule has 5 atom stereocenters. The van der Waals surface area contributed by atoms with Crippen molar-refractivity contribution < 1.29 is 65.3 Å². The third-order valence-electron chi connectivity index (χ3n) is 3.24. The van der Waals surface area contributed by atoms with Crippen LogP contribution in [0.15, 0.2) is 0 Å². The van der Waals surface area contributed by atoms with Crippen LogP contribution in [0.4, 0.5) is 0 Å². The van der Waals surface area contributed by atoms with Gasteiger partial charge in [-0.05, 0) is 0 Å². The van der Waals surface area contributed by atoms with Crippen LogP contribution in [0.25, 0.3) is 0 Å². The second-order valence-electron chi connectivity index (χ2n) is 6.67. The maximum Gasteiger partial charge on any atom is 2.00 e. The van der Waals surface area contributed by atoms with Gasteiger partial charge in [-0.1, -0.05) is 0 Å². The van der Waals surface area contributed by atoms with Crippen molar-refractivity contribution in [1.29, 1.82) is 0 Å². The monoisotopic (exact) mass is 575 g/mol. The average Bonchev–Trinajstić information content (AvgIpc) is 2.52. The SMILES string of the molecule is CC(=O)NC1C(O)C[C-](C(=O)O)OC1C(O)C(O)COC(C)=O.C[C-](C)C.[W+2]. The van der Waals surface area contributed by atoms with Crippen LogP contribution < -0.4 is 5.32 Å². The number of amides is 1. The van der Waals surface area contributed by atoms with Gasteiger partial charge in [0.05, 0.1) is 18.2 Å². The Bertz CT molecular complexity index is 500. The molecule has 10 nitrogen and oxygen atoms in total. The van der Waals surface area contributed by atoms with Crippen LogP contribution in [0.5, 0.6) is 0 Å². The zero-order valence-corrected chi connectivity index (χ0v) is 19.5. The summed E-state index contributed by atoms with van der Waals surface area (Å²) in [5.74, 6) is -1.24. The number of carboxylic acids is 1. The zero-order chi connectivity index (χ0) is 21.3. The molecule has 1 aliphatic rings. The zero-order valence-electron chi connectivity index (χ0n) is 16.5. The van der Waals surface area contributed by atoms with E-state index in [2.05, 4.69) is 30.8 Å². The van der Waals surface area contributed by atoms with E-state index in [1.165, 1.54) is 12.8 Å². The number of esters is 1. The van der Waals surface area contributed by atoms with Crippen LogP contribution in [0.1, 0.15) is 41.0 Å². The third-order valence-corrected chi connectivity index (χ3v) is 3.24. The first-order valence-corrected chi connectivity index (χ1v) is 8.34. The predicted molar refractivity (Wildman–Crippen MR) is 92.9 cm³/mol. The molecule has 0 aromatic rings. The summed E-state index contributed by atoms with van der Waals surface area (Å²) in [5, 5.41) is 41.3. The first-order chi connectivity index (χ1) is 12.4. The second kappa shape index (κ2) is 13.9. The van der Waals surface area contributed by atoms with Gasteiger partial charge in [0.15, 0.2) is 5.97 Å². The number of aliphatic carboxylic acids is 1. The van der Waals surface area contributed by atoms with E-state index in [1.807, 2.05) is 0 Å². The molecular weight excluding hydrogens is 546 g/mol. The van der Waals surface area contributed by atoms with E-state index < -0.39 is 61.0 Å². The summed E-state index contributed by atoms with van der Waals surface area (Å²) >= 11 is 0. The molecule has 1 heterocycles. The van der Waals surface area contributed by atoms with E-state index in [1.54, 1.807) is 0 Å². The van der Waals surface area contributed by atoms with Gasteiger partial charge in [0.2, 0.25) is 5.91 Å². The predicted octanol–water partition coefficient (Wildman–Crippen LogP) is -0.840. The Hall–Kier alpha value is -1.19. The van der Waals surface area contributed by atoms with Gasteiger partial charge in [0.25, 0.3) is 0 Å². The molecule has 5 unspecified atom stereocenters. The Labute approximate surface area is 178 Å². The Balaban J connectivity index is 0. The number of carbonyl (C=O) groups excluding carboxylic acids is 2. The van der Waals surface area contributed by atoms with Gasteiger partial charge >= 0.3 is 27.0 Å². The molecule has 11 heteroatoms. The van der Waals surface area contributed by atoms with Gasteiger partial charge in [-0.3, -0.25) is 14.4 Å². The van der Waals surface area contributed by atoms with Crippen molar-refractivity contribution in [3.63, 3.8) is 0 Å². The van der Waals surface area contributed by atoms with Gasteiger partial charge in [-0.2, -0.15) is 26.9 Å². The van der Waals surface area contributed by atoms with Crippen LogP contribution in [0, 0.1) is 12.0 Å². The molecule has 0 radical (unpaired) electrons. The molecule has 1 fully saturated rings. The molecule has 5 N–H and O–H groups in total. The quantitative estimate of drug-likeness (QED) is 0.201. The second-order valence-corrected chi connectivity index (χ2v) is 6.67.